The van der Waals surface area contributed by atoms with E-state index in [1.54, 1.807) is 42.5 Å². The Balaban J connectivity index is 1.76. The van der Waals surface area contributed by atoms with E-state index in [0.717, 1.165) is 11.3 Å². The molecular formula is C27H29NO3. The van der Waals surface area contributed by atoms with Crippen LogP contribution >= 0.6 is 0 Å². The van der Waals surface area contributed by atoms with Crippen LogP contribution in [0, 0.1) is 6.92 Å². The van der Waals surface area contributed by atoms with Gasteiger partial charge in [0.25, 0.3) is 5.91 Å². The fourth-order valence-electron chi connectivity index (χ4n) is 3.34. The van der Waals surface area contributed by atoms with E-state index in [1.165, 1.54) is 5.56 Å². The first kappa shape index (κ1) is 22.3. The van der Waals surface area contributed by atoms with Crippen LogP contribution in [-0.2, 0) is 5.41 Å². The molecule has 0 aliphatic heterocycles. The van der Waals surface area contributed by atoms with Gasteiger partial charge in [-0.25, -0.2) is 0 Å². The van der Waals surface area contributed by atoms with Gasteiger partial charge in [-0.05, 0) is 60.7 Å². The highest BCUT2D eigenvalue weighted by Crippen LogP contribution is 2.24. The molecule has 3 aromatic carbocycles. The van der Waals surface area contributed by atoms with Crippen molar-refractivity contribution in [2.45, 2.75) is 40.0 Å². The fourth-order valence-corrected chi connectivity index (χ4v) is 3.34. The number of ether oxygens (including phenoxy) is 1. The summed E-state index contributed by atoms with van der Waals surface area (Å²) in [6.45, 7) is 10.8. The van der Waals surface area contributed by atoms with Crippen LogP contribution in [0.25, 0.3) is 0 Å². The van der Waals surface area contributed by atoms with Crippen molar-refractivity contribution in [2.24, 2.45) is 0 Å². The van der Waals surface area contributed by atoms with Gasteiger partial charge in [-0.1, -0.05) is 57.2 Å². The number of carbonyl (C=O) groups is 2. The lowest BCUT2D eigenvalue weighted by Crippen LogP contribution is -2.13. The summed E-state index contributed by atoms with van der Waals surface area (Å²) >= 11 is 0. The molecule has 4 heteroatoms. The van der Waals surface area contributed by atoms with E-state index in [-0.39, 0.29) is 17.1 Å². The molecule has 0 unspecified atom stereocenters. The highest BCUT2D eigenvalue weighted by Gasteiger charge is 2.16. The summed E-state index contributed by atoms with van der Waals surface area (Å²) in [5.41, 5.74) is 4.38. The van der Waals surface area contributed by atoms with E-state index >= 15 is 0 Å². The van der Waals surface area contributed by atoms with E-state index in [2.05, 4.69) is 26.1 Å². The number of hydrogen-bond donors (Lipinski definition) is 1. The van der Waals surface area contributed by atoms with Gasteiger partial charge in [-0.3, -0.25) is 9.59 Å². The summed E-state index contributed by atoms with van der Waals surface area (Å²) in [7, 11) is 0. The van der Waals surface area contributed by atoms with Gasteiger partial charge in [0.15, 0.2) is 5.78 Å². The SMILES string of the molecule is CCOc1ccc(C(=O)Nc2cccc(C(=O)c3ccc(C(C)(C)C)cc3)c2)cc1C. The summed E-state index contributed by atoms with van der Waals surface area (Å²) in [5.74, 6) is 0.461. The topological polar surface area (TPSA) is 55.4 Å². The standard InChI is InChI=1S/C27H29NO3/c1-6-31-24-15-12-21(16-18(24)2)26(30)28-23-9-7-8-20(17-23)25(29)19-10-13-22(14-11-19)27(3,4)5/h7-17H,6H2,1-5H3,(H,28,30). The molecule has 3 aromatic rings. The lowest BCUT2D eigenvalue weighted by atomic mass is 9.86. The molecule has 0 atom stereocenters. The number of hydrogen-bond acceptors (Lipinski definition) is 3. The molecule has 160 valence electrons. The second kappa shape index (κ2) is 9.17. The normalized spacial score (nSPS) is 11.1. The van der Waals surface area contributed by atoms with Gasteiger partial charge in [-0.2, -0.15) is 0 Å². The first-order chi connectivity index (χ1) is 14.7. The third-order valence-electron chi connectivity index (χ3n) is 5.13. The van der Waals surface area contributed by atoms with Gasteiger partial charge >= 0.3 is 0 Å². The zero-order valence-corrected chi connectivity index (χ0v) is 18.8. The second-order valence-electron chi connectivity index (χ2n) is 8.60. The molecule has 1 amide bonds. The van der Waals surface area contributed by atoms with Crippen molar-refractivity contribution in [1.82, 2.24) is 0 Å². The monoisotopic (exact) mass is 415 g/mol. The van der Waals surface area contributed by atoms with Gasteiger partial charge in [0, 0.05) is 22.4 Å². The van der Waals surface area contributed by atoms with Gasteiger partial charge in [0.2, 0.25) is 0 Å². The number of rotatable bonds is 6. The van der Waals surface area contributed by atoms with E-state index < -0.39 is 0 Å². The molecule has 31 heavy (non-hydrogen) atoms. The van der Waals surface area contributed by atoms with Crippen LogP contribution in [0.4, 0.5) is 5.69 Å². The number of benzene rings is 3. The predicted octanol–water partition coefficient (Wildman–Crippen LogP) is 6.17. The minimum absolute atomic E-state index is 0.0327. The highest BCUT2D eigenvalue weighted by molar-refractivity contribution is 6.10. The van der Waals surface area contributed by atoms with Crippen molar-refractivity contribution in [3.8, 4) is 5.75 Å². The van der Waals surface area contributed by atoms with E-state index in [9.17, 15) is 9.59 Å². The number of carbonyl (C=O) groups excluding carboxylic acids is 2. The first-order valence-corrected chi connectivity index (χ1v) is 10.5. The summed E-state index contributed by atoms with van der Waals surface area (Å²) in [4.78, 5) is 25.6. The minimum atomic E-state index is -0.231. The summed E-state index contributed by atoms with van der Waals surface area (Å²) in [6, 6.07) is 20.1. The number of anilines is 1. The molecule has 0 spiro atoms. The molecule has 0 aliphatic rings. The number of ketones is 1. The summed E-state index contributed by atoms with van der Waals surface area (Å²) in [5, 5.41) is 2.88. The maximum Gasteiger partial charge on any atom is 0.255 e. The number of amides is 1. The Morgan fingerprint density at radius 2 is 1.55 bits per heavy atom. The molecule has 3 rings (SSSR count). The molecule has 4 nitrogen and oxygen atoms in total. The fraction of sp³-hybridized carbons (Fsp3) is 0.259. The zero-order chi connectivity index (χ0) is 22.6. The summed E-state index contributed by atoms with van der Waals surface area (Å²) < 4.78 is 5.53. The molecule has 0 aromatic heterocycles. The molecule has 0 saturated heterocycles. The van der Waals surface area contributed by atoms with E-state index in [1.807, 2.05) is 38.1 Å². The van der Waals surface area contributed by atoms with E-state index in [0.29, 0.717) is 29.0 Å². The molecule has 0 heterocycles. The molecule has 0 radical (unpaired) electrons. The van der Waals surface area contributed by atoms with Crippen molar-refractivity contribution < 1.29 is 14.3 Å². The van der Waals surface area contributed by atoms with Gasteiger partial charge in [-0.15, -0.1) is 0 Å². The minimum Gasteiger partial charge on any atom is -0.494 e. The van der Waals surface area contributed by atoms with E-state index in [4.69, 9.17) is 4.74 Å². The lowest BCUT2D eigenvalue weighted by molar-refractivity contribution is 0.102. The largest absolute Gasteiger partial charge is 0.494 e. The first-order valence-electron chi connectivity index (χ1n) is 10.5. The average molecular weight is 416 g/mol. The van der Waals surface area contributed by atoms with Crippen molar-refractivity contribution in [3.63, 3.8) is 0 Å². The van der Waals surface area contributed by atoms with Gasteiger partial charge < -0.3 is 10.1 Å². The van der Waals surface area contributed by atoms with Gasteiger partial charge in [0.1, 0.15) is 5.75 Å². The predicted molar refractivity (Wildman–Crippen MR) is 125 cm³/mol. The van der Waals surface area contributed by atoms with Crippen molar-refractivity contribution in [3.05, 3.63) is 94.5 Å². The molecule has 0 saturated carbocycles. The number of aryl methyl sites for hydroxylation is 1. The third kappa shape index (κ3) is 5.40. The molecular weight excluding hydrogens is 386 g/mol. The molecule has 0 aliphatic carbocycles. The smallest absolute Gasteiger partial charge is 0.255 e. The van der Waals surface area contributed by atoms with Crippen LogP contribution in [0.2, 0.25) is 0 Å². The quantitative estimate of drug-likeness (QED) is 0.490. The third-order valence-corrected chi connectivity index (χ3v) is 5.13. The lowest BCUT2D eigenvalue weighted by Gasteiger charge is -2.19. The highest BCUT2D eigenvalue weighted by atomic mass is 16.5. The van der Waals surface area contributed by atoms with Crippen LogP contribution in [-0.4, -0.2) is 18.3 Å². The Morgan fingerprint density at radius 3 is 2.16 bits per heavy atom. The second-order valence-corrected chi connectivity index (χ2v) is 8.60. The molecule has 0 bridgehead atoms. The van der Waals surface area contributed by atoms with Gasteiger partial charge in [0.05, 0.1) is 6.61 Å². The Morgan fingerprint density at radius 1 is 0.871 bits per heavy atom. The summed E-state index contributed by atoms with van der Waals surface area (Å²) in [6.07, 6.45) is 0. The maximum absolute atomic E-state index is 12.9. The van der Waals surface area contributed by atoms with Crippen molar-refractivity contribution >= 4 is 17.4 Å². The Bertz CT molecular complexity index is 1090. The zero-order valence-electron chi connectivity index (χ0n) is 18.8. The molecule has 1 N–H and O–H groups in total. The molecule has 0 fully saturated rings. The van der Waals surface area contributed by atoms with Crippen molar-refractivity contribution in [2.75, 3.05) is 11.9 Å². The van der Waals surface area contributed by atoms with Crippen molar-refractivity contribution in [1.29, 1.82) is 0 Å². The Labute approximate surface area is 184 Å². The maximum atomic E-state index is 12.9. The van der Waals surface area contributed by atoms with Crippen LogP contribution in [0.1, 0.15) is 65.1 Å². The van der Waals surface area contributed by atoms with Crippen LogP contribution in [0.3, 0.4) is 0 Å². The van der Waals surface area contributed by atoms with Crippen LogP contribution in [0.5, 0.6) is 5.75 Å². The Hall–Kier alpha value is -3.40. The van der Waals surface area contributed by atoms with Crippen LogP contribution in [0.15, 0.2) is 66.7 Å². The average Bonchev–Trinajstić information content (AvgIpc) is 2.74. The Kier molecular flexibility index (Phi) is 6.59. The number of nitrogens with one attached hydrogen (secondary N) is 1. The van der Waals surface area contributed by atoms with Crippen LogP contribution < -0.4 is 10.1 Å².